The number of carbonyl (C=O) groups is 6. The molecule has 3 N–H and O–H groups in total. The Morgan fingerprint density at radius 3 is 1.95 bits per heavy atom. The number of fused-ring (bicyclic) bond motifs is 5. The Balaban J connectivity index is 1.39. The number of Topliss-reactive ketones (excluding diaryl/α,β-unsaturated/α-hetero) is 2. The first-order chi connectivity index (χ1) is 29.3. The van der Waals surface area contributed by atoms with Crippen LogP contribution in [-0.4, -0.2) is 105 Å². The Morgan fingerprint density at radius 2 is 1.40 bits per heavy atom. The molecule has 3 aromatic rings. The van der Waals surface area contributed by atoms with Crippen molar-refractivity contribution >= 4 is 35.4 Å². The van der Waals surface area contributed by atoms with Crippen LogP contribution in [0.1, 0.15) is 93.0 Å². The van der Waals surface area contributed by atoms with Crippen LogP contribution in [0.3, 0.4) is 0 Å². The third kappa shape index (κ3) is 7.36. The number of hydrogen-bond acceptors (Lipinski definition) is 14. The molecule has 328 valence electrons. The second-order valence-corrected chi connectivity index (χ2v) is 17.6. The number of rotatable bonds is 11. The third-order valence-electron chi connectivity index (χ3n) is 13.8. The van der Waals surface area contributed by atoms with Gasteiger partial charge in [-0.15, -0.1) is 0 Å². The summed E-state index contributed by atoms with van der Waals surface area (Å²) >= 11 is 0. The van der Waals surface area contributed by atoms with E-state index in [0.29, 0.717) is 11.1 Å². The molecule has 3 aromatic carbocycles. The van der Waals surface area contributed by atoms with Crippen molar-refractivity contribution in [3.63, 3.8) is 0 Å². The van der Waals surface area contributed by atoms with Crippen LogP contribution in [0, 0.1) is 16.7 Å². The largest absolute Gasteiger partial charge is 0.456 e. The van der Waals surface area contributed by atoms with E-state index in [-0.39, 0.29) is 41.9 Å². The molecule has 7 rings (SSSR count). The SMILES string of the molecule is CC(=O)O[C@H]1C(=O)[C@@]2(C)[C@H](C(OC(=O)c3ccccc3)[C@]3(O)CC(OC(=O)[C@H](O)[C@@H](CC(=O)c4ccccc4)c4ccccc4)C(C)=C1C3(C)C)[C@]1(OC(C)=O)CO[C@@H]1C[C@@H]2O. The highest BCUT2D eigenvalue weighted by Gasteiger charge is 2.78. The van der Waals surface area contributed by atoms with Crippen molar-refractivity contribution in [1.82, 2.24) is 0 Å². The molecule has 3 aliphatic carbocycles. The van der Waals surface area contributed by atoms with Gasteiger partial charge in [0.25, 0.3) is 0 Å². The van der Waals surface area contributed by atoms with Crippen molar-refractivity contribution < 1.29 is 67.8 Å². The second kappa shape index (κ2) is 16.6. The fourth-order valence-electron chi connectivity index (χ4n) is 10.4. The zero-order valence-corrected chi connectivity index (χ0v) is 35.4. The summed E-state index contributed by atoms with van der Waals surface area (Å²) in [7, 11) is 0. The lowest BCUT2D eigenvalue weighted by atomic mass is 9.44. The molecule has 2 unspecified atom stereocenters. The van der Waals surface area contributed by atoms with Gasteiger partial charge in [0.05, 0.1) is 29.6 Å². The number of carbonyl (C=O) groups excluding carboxylic acids is 6. The maximum atomic E-state index is 15.5. The number of esters is 4. The highest BCUT2D eigenvalue weighted by molar-refractivity contribution is 5.97. The van der Waals surface area contributed by atoms with E-state index in [1.54, 1.807) is 92.7 Å². The topological polar surface area (TPSA) is 209 Å². The number of hydrogen-bond donors (Lipinski definition) is 3. The molecule has 1 aliphatic heterocycles. The highest BCUT2D eigenvalue weighted by atomic mass is 16.6. The molecule has 2 bridgehead atoms. The van der Waals surface area contributed by atoms with Gasteiger partial charge in [-0.1, -0.05) is 92.7 Å². The predicted octanol–water partition coefficient (Wildman–Crippen LogP) is 4.62. The molecular weight excluding hydrogens is 801 g/mol. The molecule has 1 heterocycles. The first kappa shape index (κ1) is 44.5. The van der Waals surface area contributed by atoms with Gasteiger partial charge < -0.3 is 39.0 Å². The predicted molar refractivity (Wildman–Crippen MR) is 219 cm³/mol. The monoisotopic (exact) mass is 852 g/mol. The van der Waals surface area contributed by atoms with Gasteiger partial charge in [-0.05, 0) is 42.7 Å². The summed E-state index contributed by atoms with van der Waals surface area (Å²) in [6, 6.07) is 24.8. The molecule has 0 radical (unpaired) electrons. The van der Waals surface area contributed by atoms with Gasteiger partial charge in [0.2, 0.25) is 0 Å². The molecule has 0 amide bonds. The molecule has 11 atom stereocenters. The highest BCUT2D eigenvalue weighted by Crippen LogP contribution is 2.64. The van der Waals surface area contributed by atoms with Crippen molar-refractivity contribution in [1.29, 1.82) is 0 Å². The summed E-state index contributed by atoms with van der Waals surface area (Å²) in [6.07, 6.45) is -10.6. The van der Waals surface area contributed by atoms with E-state index >= 15 is 4.79 Å². The van der Waals surface area contributed by atoms with Crippen LogP contribution in [0.5, 0.6) is 0 Å². The fraction of sp³-hybridized carbons (Fsp3) is 0.458. The minimum absolute atomic E-state index is 0.0127. The van der Waals surface area contributed by atoms with Gasteiger partial charge in [0.1, 0.15) is 23.9 Å². The van der Waals surface area contributed by atoms with Crippen LogP contribution in [0.2, 0.25) is 0 Å². The number of benzene rings is 3. The van der Waals surface area contributed by atoms with Crippen LogP contribution in [-0.2, 0) is 42.9 Å². The zero-order valence-electron chi connectivity index (χ0n) is 35.4. The second-order valence-electron chi connectivity index (χ2n) is 17.6. The number of ketones is 2. The van der Waals surface area contributed by atoms with Crippen LogP contribution in [0.4, 0.5) is 0 Å². The van der Waals surface area contributed by atoms with Crippen LogP contribution >= 0.6 is 0 Å². The molecule has 3 fully saturated rings. The molecule has 1 saturated heterocycles. The van der Waals surface area contributed by atoms with Gasteiger partial charge in [-0.25, -0.2) is 9.59 Å². The quantitative estimate of drug-likeness (QED) is 0.104. The van der Waals surface area contributed by atoms with Gasteiger partial charge in [0, 0.05) is 50.0 Å². The summed E-state index contributed by atoms with van der Waals surface area (Å²) < 4.78 is 30.3. The number of aliphatic hydroxyl groups is 3. The van der Waals surface area contributed by atoms with Crippen molar-refractivity contribution in [3.05, 3.63) is 119 Å². The molecule has 2 saturated carbocycles. The van der Waals surface area contributed by atoms with Gasteiger partial charge >= 0.3 is 23.9 Å². The van der Waals surface area contributed by atoms with E-state index in [2.05, 4.69) is 0 Å². The Morgan fingerprint density at radius 1 is 0.823 bits per heavy atom. The van der Waals surface area contributed by atoms with Gasteiger partial charge in [0.15, 0.2) is 29.4 Å². The standard InChI is InChI=1S/C48H52O14/c1-26-34(60-44(56)38(53)32(29-16-10-7-11-17-29)22-33(51)30-18-12-8-13-19-30)24-48(57)42(61-43(55)31-20-14-9-15-21-31)40-46(6,35(52)23-36-47(40,25-58-36)62-28(3)50)41(54)39(59-27(2)49)37(26)45(48,4)5/h7-21,32,34-36,38-40,42,52-53,57H,22-25H2,1-6H3/t32-,34?,35-,36+,38+,39+,40-,42?,46+,47-,48+/m0/s1. The first-order valence-corrected chi connectivity index (χ1v) is 20.7. The molecule has 14 nitrogen and oxygen atoms in total. The van der Waals surface area contributed by atoms with Crippen LogP contribution in [0.25, 0.3) is 0 Å². The Labute approximate surface area is 359 Å². The average molecular weight is 853 g/mol. The molecule has 4 aliphatic rings. The van der Waals surface area contributed by atoms with Crippen molar-refractivity contribution in [2.75, 3.05) is 6.61 Å². The number of ether oxygens (including phenoxy) is 5. The van der Waals surface area contributed by atoms with E-state index in [9.17, 15) is 39.3 Å². The Bertz CT molecular complexity index is 2270. The third-order valence-corrected chi connectivity index (χ3v) is 13.8. The zero-order chi connectivity index (χ0) is 44.9. The van der Waals surface area contributed by atoms with Gasteiger partial charge in [-0.3, -0.25) is 19.2 Å². The molecular formula is C48H52O14. The molecule has 0 aromatic heterocycles. The lowest BCUT2D eigenvalue weighted by Crippen LogP contribution is -2.82. The van der Waals surface area contributed by atoms with E-state index in [4.69, 9.17) is 23.7 Å². The minimum Gasteiger partial charge on any atom is -0.456 e. The summed E-state index contributed by atoms with van der Waals surface area (Å²) in [5, 5.41) is 37.6. The van der Waals surface area contributed by atoms with E-state index in [0.717, 1.165) is 13.8 Å². The van der Waals surface area contributed by atoms with Crippen LogP contribution < -0.4 is 0 Å². The maximum Gasteiger partial charge on any atom is 0.338 e. The minimum atomic E-state index is -2.38. The Hall–Kier alpha value is -5.54. The fourth-order valence-corrected chi connectivity index (χ4v) is 10.4. The van der Waals surface area contributed by atoms with Gasteiger partial charge in [-0.2, -0.15) is 0 Å². The summed E-state index contributed by atoms with van der Waals surface area (Å²) in [5.41, 5.74) is -6.71. The van der Waals surface area contributed by atoms with Crippen molar-refractivity contribution in [2.45, 2.75) is 115 Å². The normalized spacial score (nSPS) is 31.9. The van der Waals surface area contributed by atoms with E-state index in [1.165, 1.54) is 26.0 Å². The smallest absolute Gasteiger partial charge is 0.338 e. The summed E-state index contributed by atoms with van der Waals surface area (Å²) in [5.74, 6) is -7.57. The summed E-state index contributed by atoms with van der Waals surface area (Å²) in [6.45, 7) is 8.04. The van der Waals surface area contributed by atoms with E-state index in [1.807, 2.05) is 0 Å². The number of aliphatic hydroxyl groups excluding tert-OH is 2. The van der Waals surface area contributed by atoms with Crippen molar-refractivity contribution in [3.8, 4) is 0 Å². The molecule has 14 heteroatoms. The molecule has 0 spiro atoms. The first-order valence-electron chi connectivity index (χ1n) is 20.7. The summed E-state index contributed by atoms with van der Waals surface area (Å²) in [4.78, 5) is 83.6. The Kier molecular flexibility index (Phi) is 11.9. The van der Waals surface area contributed by atoms with Crippen molar-refractivity contribution in [2.24, 2.45) is 16.7 Å². The average Bonchev–Trinajstić information content (AvgIpc) is 3.24. The van der Waals surface area contributed by atoms with E-state index < -0.39 is 107 Å². The lowest BCUT2D eigenvalue weighted by Gasteiger charge is -2.67. The lowest BCUT2D eigenvalue weighted by molar-refractivity contribution is -0.346. The maximum absolute atomic E-state index is 15.5. The molecule has 62 heavy (non-hydrogen) atoms. The van der Waals surface area contributed by atoms with Crippen LogP contribution in [0.15, 0.2) is 102 Å².